The number of hydrogen-bond acceptors (Lipinski definition) is 3. The third-order valence-corrected chi connectivity index (χ3v) is 3.79. The van der Waals surface area contributed by atoms with Gasteiger partial charge in [0.05, 0.1) is 11.0 Å². The highest BCUT2D eigenvalue weighted by Gasteiger charge is 2.15. The normalized spacial score (nSPS) is 13.7. The number of hydrogen-bond donors (Lipinski definition) is 1. The summed E-state index contributed by atoms with van der Waals surface area (Å²) >= 11 is 3.43. The molecule has 1 aromatic heterocycles. The molecule has 0 radical (unpaired) electrons. The van der Waals surface area contributed by atoms with Crippen LogP contribution >= 0.6 is 15.9 Å². The second-order valence-electron chi connectivity index (χ2n) is 4.61. The highest BCUT2D eigenvalue weighted by Crippen LogP contribution is 2.34. The lowest BCUT2D eigenvalue weighted by Gasteiger charge is -2.17. The van der Waals surface area contributed by atoms with Crippen molar-refractivity contribution in [1.82, 2.24) is 9.97 Å². The van der Waals surface area contributed by atoms with E-state index in [4.69, 9.17) is 9.47 Å². The number of nitrogens with zero attached hydrogens (tertiary/aromatic N) is 1. The van der Waals surface area contributed by atoms with Crippen LogP contribution < -0.4 is 9.47 Å². The molecule has 0 atom stereocenters. The van der Waals surface area contributed by atoms with Crippen LogP contribution in [0.2, 0.25) is 0 Å². The quantitative estimate of drug-likeness (QED) is 0.738. The first-order chi connectivity index (χ1) is 9.79. The van der Waals surface area contributed by atoms with Crippen LogP contribution in [0.25, 0.3) is 22.4 Å². The van der Waals surface area contributed by atoms with Crippen LogP contribution in [0.15, 0.2) is 40.9 Å². The van der Waals surface area contributed by atoms with Crippen LogP contribution in [0.1, 0.15) is 0 Å². The molecule has 1 aliphatic rings. The van der Waals surface area contributed by atoms with Gasteiger partial charge in [0.2, 0.25) is 0 Å². The van der Waals surface area contributed by atoms with Crippen molar-refractivity contribution < 1.29 is 9.47 Å². The van der Waals surface area contributed by atoms with Gasteiger partial charge in [-0.1, -0.05) is 28.1 Å². The van der Waals surface area contributed by atoms with Crippen molar-refractivity contribution in [3.8, 4) is 22.9 Å². The molecular formula is C15H11BrN2O2. The van der Waals surface area contributed by atoms with Gasteiger partial charge < -0.3 is 14.5 Å². The van der Waals surface area contributed by atoms with E-state index in [2.05, 4.69) is 25.9 Å². The van der Waals surface area contributed by atoms with E-state index in [1.54, 1.807) is 0 Å². The number of halogens is 1. The molecule has 0 aliphatic carbocycles. The Balaban J connectivity index is 1.84. The Morgan fingerprint density at radius 1 is 1.00 bits per heavy atom. The topological polar surface area (TPSA) is 47.1 Å². The minimum absolute atomic E-state index is 0.586. The predicted molar refractivity (Wildman–Crippen MR) is 80.2 cm³/mol. The van der Waals surface area contributed by atoms with Crippen molar-refractivity contribution in [3.63, 3.8) is 0 Å². The number of fused-ring (bicyclic) bond motifs is 2. The first-order valence-corrected chi connectivity index (χ1v) is 7.14. The summed E-state index contributed by atoms with van der Waals surface area (Å²) in [6, 6.07) is 11.9. The molecule has 0 fully saturated rings. The third-order valence-electron chi connectivity index (χ3n) is 3.26. The number of rotatable bonds is 1. The molecule has 4 rings (SSSR count). The minimum atomic E-state index is 0.586. The molecule has 4 nitrogen and oxygen atoms in total. The fourth-order valence-electron chi connectivity index (χ4n) is 2.29. The molecule has 0 saturated heterocycles. The Kier molecular flexibility index (Phi) is 2.67. The van der Waals surface area contributed by atoms with Crippen LogP contribution in [0.5, 0.6) is 11.5 Å². The van der Waals surface area contributed by atoms with Crippen LogP contribution in [-0.4, -0.2) is 23.2 Å². The lowest BCUT2D eigenvalue weighted by molar-refractivity contribution is 0.172. The highest BCUT2D eigenvalue weighted by molar-refractivity contribution is 9.10. The summed E-state index contributed by atoms with van der Waals surface area (Å²) in [6.07, 6.45) is 0. The van der Waals surface area contributed by atoms with E-state index in [-0.39, 0.29) is 0 Å². The number of H-pyrrole nitrogens is 1. The van der Waals surface area contributed by atoms with E-state index in [0.717, 1.165) is 38.4 Å². The monoisotopic (exact) mass is 330 g/mol. The number of ether oxygens (including phenoxy) is 2. The summed E-state index contributed by atoms with van der Waals surface area (Å²) in [4.78, 5) is 7.93. The zero-order valence-electron chi connectivity index (χ0n) is 10.5. The molecule has 0 bridgehead atoms. The van der Waals surface area contributed by atoms with E-state index in [1.165, 1.54) is 0 Å². The maximum absolute atomic E-state index is 5.58. The van der Waals surface area contributed by atoms with Crippen molar-refractivity contribution in [2.75, 3.05) is 13.2 Å². The zero-order valence-corrected chi connectivity index (χ0v) is 12.1. The predicted octanol–water partition coefficient (Wildman–Crippen LogP) is 3.76. The molecule has 0 saturated carbocycles. The van der Waals surface area contributed by atoms with Gasteiger partial charge in [-0.2, -0.15) is 0 Å². The Labute approximate surface area is 123 Å². The molecule has 3 aromatic rings. The van der Waals surface area contributed by atoms with Gasteiger partial charge in [-0.3, -0.25) is 0 Å². The Bertz CT molecular complexity index is 737. The smallest absolute Gasteiger partial charge is 0.163 e. The van der Waals surface area contributed by atoms with E-state index in [0.29, 0.717) is 13.2 Å². The van der Waals surface area contributed by atoms with Gasteiger partial charge in [0, 0.05) is 22.2 Å². The van der Waals surface area contributed by atoms with Gasteiger partial charge in [0.25, 0.3) is 0 Å². The van der Waals surface area contributed by atoms with Gasteiger partial charge in [0.1, 0.15) is 19.0 Å². The van der Waals surface area contributed by atoms with Gasteiger partial charge in [-0.05, 0) is 12.1 Å². The molecule has 2 heterocycles. The second-order valence-corrected chi connectivity index (χ2v) is 5.52. The highest BCUT2D eigenvalue weighted by atomic mass is 79.9. The fraction of sp³-hybridized carbons (Fsp3) is 0.133. The molecule has 0 unspecified atom stereocenters. The third kappa shape index (κ3) is 1.94. The molecule has 100 valence electrons. The Morgan fingerprint density at radius 2 is 1.70 bits per heavy atom. The number of imidazole rings is 1. The van der Waals surface area contributed by atoms with Crippen molar-refractivity contribution in [2.45, 2.75) is 0 Å². The number of aromatic nitrogens is 2. The largest absolute Gasteiger partial charge is 0.486 e. The minimum Gasteiger partial charge on any atom is -0.486 e. The molecule has 5 heteroatoms. The average molecular weight is 331 g/mol. The number of aromatic amines is 1. The van der Waals surface area contributed by atoms with Gasteiger partial charge in [0.15, 0.2) is 11.5 Å². The van der Waals surface area contributed by atoms with Gasteiger partial charge >= 0.3 is 0 Å². The molecule has 2 aromatic carbocycles. The number of nitrogens with one attached hydrogen (secondary N) is 1. The second kappa shape index (κ2) is 4.52. The van der Waals surface area contributed by atoms with Crippen LogP contribution in [0.4, 0.5) is 0 Å². The van der Waals surface area contributed by atoms with Crippen molar-refractivity contribution in [3.05, 3.63) is 40.9 Å². The molecular weight excluding hydrogens is 320 g/mol. The van der Waals surface area contributed by atoms with Crippen molar-refractivity contribution in [1.29, 1.82) is 0 Å². The van der Waals surface area contributed by atoms with Crippen LogP contribution in [0, 0.1) is 0 Å². The van der Waals surface area contributed by atoms with Crippen molar-refractivity contribution in [2.24, 2.45) is 0 Å². The Hall–Kier alpha value is -2.01. The van der Waals surface area contributed by atoms with Crippen LogP contribution in [-0.2, 0) is 0 Å². The van der Waals surface area contributed by atoms with Crippen LogP contribution in [0.3, 0.4) is 0 Å². The van der Waals surface area contributed by atoms with Gasteiger partial charge in [-0.25, -0.2) is 4.98 Å². The van der Waals surface area contributed by atoms with E-state index in [9.17, 15) is 0 Å². The van der Waals surface area contributed by atoms with E-state index >= 15 is 0 Å². The molecule has 1 N–H and O–H groups in total. The van der Waals surface area contributed by atoms with E-state index in [1.807, 2.05) is 36.4 Å². The molecule has 1 aliphatic heterocycles. The summed E-state index contributed by atoms with van der Waals surface area (Å²) < 4.78 is 12.2. The average Bonchev–Trinajstić information content (AvgIpc) is 2.88. The lowest BCUT2D eigenvalue weighted by atomic mass is 10.2. The molecule has 0 amide bonds. The number of benzene rings is 2. The maximum Gasteiger partial charge on any atom is 0.163 e. The first-order valence-electron chi connectivity index (χ1n) is 6.35. The summed E-state index contributed by atoms with van der Waals surface area (Å²) in [5, 5.41) is 0. The summed E-state index contributed by atoms with van der Waals surface area (Å²) in [5.74, 6) is 2.38. The van der Waals surface area contributed by atoms with E-state index < -0.39 is 0 Å². The summed E-state index contributed by atoms with van der Waals surface area (Å²) in [6.45, 7) is 1.18. The Morgan fingerprint density at radius 3 is 2.45 bits per heavy atom. The summed E-state index contributed by atoms with van der Waals surface area (Å²) in [7, 11) is 0. The lowest BCUT2D eigenvalue weighted by Crippen LogP contribution is -2.15. The zero-order chi connectivity index (χ0) is 13.5. The summed E-state index contributed by atoms with van der Waals surface area (Å²) in [5.41, 5.74) is 2.88. The SMILES string of the molecule is Brc1ccc(-c2nc3cc4c(cc3[nH]2)OCCO4)cc1. The molecule has 0 spiro atoms. The van der Waals surface area contributed by atoms with Crippen molar-refractivity contribution >= 4 is 27.0 Å². The van der Waals surface area contributed by atoms with Gasteiger partial charge in [-0.15, -0.1) is 0 Å². The first kappa shape index (κ1) is 11.8. The standard InChI is InChI=1S/C15H11BrN2O2/c16-10-3-1-9(2-4-10)15-17-11-7-13-14(8-12(11)18-15)20-6-5-19-13/h1-4,7-8H,5-6H2,(H,17,18). The fourth-order valence-corrected chi connectivity index (χ4v) is 2.56. The molecule has 20 heavy (non-hydrogen) atoms. The maximum atomic E-state index is 5.58.